The molecule has 37 heavy (non-hydrogen) atoms. The summed E-state index contributed by atoms with van der Waals surface area (Å²) in [6.45, 7) is 3.48. The highest BCUT2D eigenvalue weighted by Gasteiger charge is 2.75. The van der Waals surface area contributed by atoms with Gasteiger partial charge in [0.1, 0.15) is 6.10 Å². The average molecular weight is 535 g/mol. The van der Waals surface area contributed by atoms with E-state index in [1.807, 2.05) is 0 Å². The first kappa shape index (κ1) is 27.3. The minimum atomic E-state index is -6.24. The summed E-state index contributed by atoms with van der Waals surface area (Å²) in [4.78, 5) is 37.0. The van der Waals surface area contributed by atoms with E-state index in [2.05, 4.69) is 4.74 Å². The van der Waals surface area contributed by atoms with Crippen LogP contribution in [-0.4, -0.2) is 42.0 Å². The number of esters is 2. The van der Waals surface area contributed by atoms with Crippen LogP contribution in [0.2, 0.25) is 0 Å². The second-order valence-electron chi connectivity index (χ2n) is 10.6. The summed E-state index contributed by atoms with van der Waals surface area (Å²) in [5, 5.41) is 10.9. The van der Waals surface area contributed by atoms with Crippen molar-refractivity contribution < 1.29 is 55.3 Å². The van der Waals surface area contributed by atoms with Crippen LogP contribution in [-0.2, 0) is 19.1 Å². The van der Waals surface area contributed by atoms with Crippen LogP contribution < -0.4 is 5.11 Å². The van der Waals surface area contributed by atoms with Gasteiger partial charge in [-0.1, -0.05) is 18.2 Å². The summed E-state index contributed by atoms with van der Waals surface area (Å²) >= 11 is 0. The van der Waals surface area contributed by atoms with Crippen molar-refractivity contribution in [2.24, 2.45) is 23.2 Å². The molecule has 0 heterocycles. The predicted molar refractivity (Wildman–Crippen MR) is 112 cm³/mol. The van der Waals surface area contributed by atoms with Crippen LogP contribution in [0.1, 0.15) is 60.0 Å². The third kappa shape index (κ3) is 4.56. The molecule has 0 amide bonds. The molecule has 0 aromatic heterocycles. The molecule has 1 aromatic rings. The Kier molecular flexibility index (Phi) is 6.56. The molecule has 4 bridgehead atoms. The number of carbonyl (C=O) groups is 3. The van der Waals surface area contributed by atoms with Crippen molar-refractivity contribution in [2.75, 3.05) is 0 Å². The lowest BCUT2D eigenvalue weighted by atomic mass is 9.48. The van der Waals surface area contributed by atoms with Crippen LogP contribution in [0, 0.1) is 37.0 Å². The number of carbonyl (C=O) groups excluding carboxylic acids is 3. The molecule has 2 unspecified atom stereocenters. The fraction of sp³-hybridized carbons (Fsp3) is 0.640. The standard InChI is InChI=1S/C25H26F6O6/c1-12-4-3-5-13(2)18(12)20(34)36-19-15-6-14-7-16(19)10-22(8-14,9-15)21(35)37-23(11-17(32)33,24(26,27)28)25(29,30)31/h3-5,14-16,19H,6-11H2,1-2H3,(H,32,33)/p-1. The van der Waals surface area contributed by atoms with Crippen molar-refractivity contribution in [3.05, 3.63) is 34.9 Å². The van der Waals surface area contributed by atoms with Gasteiger partial charge >= 0.3 is 29.9 Å². The topological polar surface area (TPSA) is 92.7 Å². The van der Waals surface area contributed by atoms with Crippen molar-refractivity contribution in [1.82, 2.24) is 0 Å². The molecule has 5 rings (SSSR count). The Morgan fingerprint density at radius 1 is 0.946 bits per heavy atom. The van der Waals surface area contributed by atoms with Gasteiger partial charge in [0.25, 0.3) is 0 Å². The molecule has 4 aliphatic rings. The maximum absolute atomic E-state index is 13.6. The molecule has 4 fully saturated rings. The van der Waals surface area contributed by atoms with E-state index in [0.717, 1.165) is 0 Å². The number of aliphatic carboxylic acids is 1. The van der Waals surface area contributed by atoms with Crippen molar-refractivity contribution in [3.8, 4) is 0 Å². The van der Waals surface area contributed by atoms with Gasteiger partial charge in [0.2, 0.25) is 0 Å². The third-order valence-corrected chi connectivity index (χ3v) is 8.12. The maximum Gasteiger partial charge on any atom is 0.437 e. The van der Waals surface area contributed by atoms with Gasteiger partial charge in [-0.05, 0) is 74.8 Å². The highest BCUT2D eigenvalue weighted by molar-refractivity contribution is 5.92. The van der Waals surface area contributed by atoms with Gasteiger partial charge in [0.05, 0.1) is 11.0 Å². The predicted octanol–water partition coefficient (Wildman–Crippen LogP) is 4.20. The summed E-state index contributed by atoms with van der Waals surface area (Å²) in [6, 6.07) is 5.26. The minimum absolute atomic E-state index is 0.0213. The highest BCUT2D eigenvalue weighted by atomic mass is 19.4. The molecule has 12 heteroatoms. The van der Waals surface area contributed by atoms with Crippen LogP contribution in [0.25, 0.3) is 0 Å². The van der Waals surface area contributed by atoms with Gasteiger partial charge < -0.3 is 19.4 Å². The van der Waals surface area contributed by atoms with Gasteiger partial charge in [-0.25, -0.2) is 4.79 Å². The molecule has 204 valence electrons. The number of carboxylic acids is 1. The van der Waals surface area contributed by atoms with Gasteiger partial charge in [0, 0.05) is 12.4 Å². The smallest absolute Gasteiger partial charge is 0.437 e. The molecule has 2 atom stereocenters. The van der Waals surface area contributed by atoms with Crippen LogP contribution in [0.5, 0.6) is 0 Å². The van der Waals surface area contributed by atoms with Crippen LogP contribution in [0.4, 0.5) is 26.3 Å². The number of alkyl halides is 6. The first-order chi connectivity index (χ1) is 17.0. The van der Waals surface area contributed by atoms with E-state index >= 15 is 0 Å². The number of halogens is 6. The molecule has 0 saturated heterocycles. The van der Waals surface area contributed by atoms with Crippen molar-refractivity contribution >= 4 is 17.9 Å². The Balaban J connectivity index is 1.59. The van der Waals surface area contributed by atoms with Crippen LogP contribution in [0.3, 0.4) is 0 Å². The van der Waals surface area contributed by atoms with E-state index in [1.165, 1.54) is 0 Å². The lowest BCUT2D eigenvalue weighted by Crippen LogP contribution is -2.64. The summed E-state index contributed by atoms with van der Waals surface area (Å²) in [6.07, 6.45) is -15.0. The van der Waals surface area contributed by atoms with Crippen molar-refractivity contribution in [3.63, 3.8) is 0 Å². The van der Waals surface area contributed by atoms with Crippen LogP contribution in [0.15, 0.2) is 18.2 Å². The molecule has 4 aliphatic carbocycles. The Labute approximate surface area is 208 Å². The first-order valence-electron chi connectivity index (χ1n) is 11.8. The normalized spacial score (nSPS) is 29.2. The lowest BCUT2D eigenvalue weighted by Gasteiger charge is -2.58. The lowest BCUT2D eigenvalue weighted by molar-refractivity contribution is -0.383. The zero-order valence-electron chi connectivity index (χ0n) is 20.0. The zero-order chi connectivity index (χ0) is 27.6. The fourth-order valence-corrected chi connectivity index (χ4v) is 6.72. The average Bonchev–Trinajstić information content (AvgIpc) is 2.73. The third-order valence-electron chi connectivity index (χ3n) is 8.12. The van der Waals surface area contributed by atoms with Crippen molar-refractivity contribution in [2.45, 2.75) is 76.4 Å². The Hall–Kier alpha value is -2.79. The monoisotopic (exact) mass is 535 g/mol. The maximum atomic E-state index is 13.6. The highest BCUT2D eigenvalue weighted by Crippen LogP contribution is 2.62. The summed E-state index contributed by atoms with van der Waals surface area (Å²) in [5.74, 6) is -6.06. The number of hydrogen-bond acceptors (Lipinski definition) is 6. The molecule has 0 aliphatic heterocycles. The molecular weight excluding hydrogens is 510 g/mol. The summed E-state index contributed by atoms with van der Waals surface area (Å²) in [5.41, 5.74) is -5.12. The fourth-order valence-electron chi connectivity index (χ4n) is 6.72. The van der Waals surface area contributed by atoms with E-state index < -0.39 is 65.6 Å². The van der Waals surface area contributed by atoms with Gasteiger partial charge in [-0.15, -0.1) is 0 Å². The largest absolute Gasteiger partial charge is 0.550 e. The van der Waals surface area contributed by atoms with Gasteiger partial charge in [-0.3, -0.25) is 4.79 Å². The van der Waals surface area contributed by atoms with E-state index in [4.69, 9.17) is 4.74 Å². The summed E-state index contributed by atoms with van der Waals surface area (Å²) < 4.78 is 91.9. The number of benzene rings is 1. The number of ether oxygens (including phenoxy) is 2. The number of aryl methyl sites for hydroxylation is 2. The molecular formula is C25H25F6O6-. The van der Waals surface area contributed by atoms with Crippen LogP contribution >= 0.6 is 0 Å². The summed E-state index contributed by atoms with van der Waals surface area (Å²) in [7, 11) is 0. The van der Waals surface area contributed by atoms with E-state index in [9.17, 15) is 45.8 Å². The van der Waals surface area contributed by atoms with E-state index in [0.29, 0.717) is 29.5 Å². The molecule has 4 saturated carbocycles. The first-order valence-corrected chi connectivity index (χ1v) is 11.8. The number of hydrogen-bond donors (Lipinski definition) is 0. The van der Waals surface area contributed by atoms with Gasteiger partial charge in [0.15, 0.2) is 0 Å². The zero-order valence-corrected chi connectivity index (χ0v) is 20.0. The van der Waals surface area contributed by atoms with Crippen molar-refractivity contribution in [1.29, 1.82) is 0 Å². The molecule has 0 N–H and O–H groups in total. The second-order valence-corrected chi connectivity index (χ2v) is 10.6. The Bertz CT molecular complexity index is 1060. The molecule has 6 nitrogen and oxygen atoms in total. The Morgan fingerprint density at radius 2 is 1.46 bits per heavy atom. The number of rotatable bonds is 6. The van der Waals surface area contributed by atoms with E-state index in [1.54, 1.807) is 32.0 Å². The Morgan fingerprint density at radius 3 is 1.92 bits per heavy atom. The molecule has 0 spiro atoms. The van der Waals surface area contributed by atoms with Gasteiger partial charge in [-0.2, -0.15) is 26.3 Å². The molecule has 1 aromatic carbocycles. The number of carboxylic acid groups (broad SMARTS) is 1. The van der Waals surface area contributed by atoms with E-state index in [-0.39, 0.29) is 25.2 Å². The molecule has 0 radical (unpaired) electrons. The minimum Gasteiger partial charge on any atom is -0.550 e. The quantitative estimate of drug-likeness (QED) is 0.401. The second kappa shape index (κ2) is 8.90. The SMILES string of the molecule is Cc1cccc(C)c1C(=O)OC1C2CC3CC1CC(C(=O)OC(CC(=O)[O-])(C(F)(F)F)C(F)(F)F)(C3)C2.